The summed E-state index contributed by atoms with van der Waals surface area (Å²) >= 11 is 0. The molecule has 0 bridgehead atoms. The van der Waals surface area contributed by atoms with Crippen molar-refractivity contribution in [3.63, 3.8) is 0 Å². The number of carbonyl (C=O) groups is 1. The molecule has 2 aromatic carbocycles. The number of hydrogen-bond acceptors (Lipinski definition) is 2. The van der Waals surface area contributed by atoms with E-state index in [4.69, 9.17) is 4.74 Å². The largest absolute Gasteiger partial charge is 0.492 e. The summed E-state index contributed by atoms with van der Waals surface area (Å²) in [6, 6.07) is 13.7. The first kappa shape index (κ1) is 17.9. The maximum Gasteiger partial charge on any atom is 0.319 e. The first-order valence-electron chi connectivity index (χ1n) is 8.31. The molecule has 2 amide bonds. The van der Waals surface area contributed by atoms with Crippen LogP contribution in [0.3, 0.4) is 0 Å². The molecule has 0 saturated carbocycles. The van der Waals surface area contributed by atoms with Gasteiger partial charge in [0.2, 0.25) is 0 Å². The highest BCUT2D eigenvalue weighted by molar-refractivity contribution is 5.90. The van der Waals surface area contributed by atoms with Gasteiger partial charge in [0.25, 0.3) is 0 Å². The fraction of sp³-hybridized carbons (Fsp3) is 0.350. The summed E-state index contributed by atoms with van der Waals surface area (Å²) in [7, 11) is 0. The van der Waals surface area contributed by atoms with Crippen LogP contribution in [0.4, 0.5) is 10.5 Å². The average Bonchev–Trinajstić information content (AvgIpc) is 2.56. The molecule has 0 aliphatic rings. The topological polar surface area (TPSA) is 50.4 Å². The van der Waals surface area contributed by atoms with Gasteiger partial charge in [-0.3, -0.25) is 0 Å². The number of hydrogen-bond donors (Lipinski definition) is 2. The number of nitrogens with one attached hydrogen (secondary N) is 2. The van der Waals surface area contributed by atoms with E-state index in [1.54, 1.807) is 0 Å². The molecule has 0 aliphatic heterocycles. The number of aryl methyl sites for hydroxylation is 1. The normalized spacial score (nSPS) is 10.5. The number of rotatable bonds is 6. The first-order chi connectivity index (χ1) is 11.5. The number of urea groups is 1. The van der Waals surface area contributed by atoms with Gasteiger partial charge < -0.3 is 15.4 Å². The molecule has 0 unspecified atom stereocenters. The van der Waals surface area contributed by atoms with Gasteiger partial charge in [-0.05, 0) is 54.7 Å². The van der Waals surface area contributed by atoms with E-state index >= 15 is 0 Å². The lowest BCUT2D eigenvalue weighted by molar-refractivity contribution is 0.247. The Morgan fingerprint density at radius 1 is 1.08 bits per heavy atom. The highest BCUT2D eigenvalue weighted by Crippen LogP contribution is 2.19. The third kappa shape index (κ3) is 5.01. The minimum absolute atomic E-state index is 0.220. The first-order valence-corrected chi connectivity index (χ1v) is 8.31. The lowest BCUT2D eigenvalue weighted by Gasteiger charge is -2.12. The lowest BCUT2D eigenvalue weighted by Crippen LogP contribution is -2.32. The number of anilines is 1. The van der Waals surface area contributed by atoms with Gasteiger partial charge in [-0.1, -0.05) is 38.1 Å². The monoisotopic (exact) mass is 326 g/mol. The quantitative estimate of drug-likeness (QED) is 0.761. The molecule has 0 saturated heterocycles. The van der Waals surface area contributed by atoms with E-state index in [1.165, 1.54) is 5.56 Å². The van der Waals surface area contributed by atoms with Crippen LogP contribution in [0, 0.1) is 13.8 Å². The van der Waals surface area contributed by atoms with Crippen molar-refractivity contribution in [1.82, 2.24) is 5.32 Å². The van der Waals surface area contributed by atoms with Crippen LogP contribution in [0.15, 0.2) is 42.5 Å². The number of amides is 2. The van der Waals surface area contributed by atoms with Crippen molar-refractivity contribution in [2.24, 2.45) is 0 Å². The second-order valence-electron chi connectivity index (χ2n) is 6.20. The number of ether oxygens (including phenoxy) is 1. The number of carbonyl (C=O) groups excluding carboxylic acids is 1. The second kappa shape index (κ2) is 8.39. The van der Waals surface area contributed by atoms with Gasteiger partial charge >= 0.3 is 6.03 Å². The van der Waals surface area contributed by atoms with Crippen LogP contribution >= 0.6 is 0 Å². The fourth-order valence-electron chi connectivity index (χ4n) is 2.34. The Kier molecular flexibility index (Phi) is 6.24. The molecule has 4 heteroatoms. The van der Waals surface area contributed by atoms with Crippen LogP contribution in [0.5, 0.6) is 5.75 Å². The van der Waals surface area contributed by atoms with Crippen LogP contribution in [0.25, 0.3) is 0 Å². The average molecular weight is 326 g/mol. The van der Waals surface area contributed by atoms with Crippen molar-refractivity contribution in [3.05, 3.63) is 59.2 Å². The van der Waals surface area contributed by atoms with Crippen LogP contribution in [0.1, 0.15) is 36.5 Å². The van der Waals surface area contributed by atoms with Gasteiger partial charge in [0.1, 0.15) is 12.4 Å². The third-order valence-corrected chi connectivity index (χ3v) is 4.06. The van der Waals surface area contributed by atoms with Gasteiger partial charge in [0, 0.05) is 5.69 Å². The van der Waals surface area contributed by atoms with Crippen LogP contribution in [-0.2, 0) is 0 Å². The van der Waals surface area contributed by atoms with E-state index < -0.39 is 0 Å². The van der Waals surface area contributed by atoms with Crippen LogP contribution < -0.4 is 15.4 Å². The Morgan fingerprint density at radius 3 is 2.46 bits per heavy atom. The molecule has 0 aliphatic carbocycles. The SMILES string of the molecule is Cc1cccc(NC(=O)NCCOc2ccc(C(C)C)cc2)c1C. The summed E-state index contributed by atoms with van der Waals surface area (Å²) < 4.78 is 5.64. The zero-order chi connectivity index (χ0) is 17.5. The summed E-state index contributed by atoms with van der Waals surface area (Å²) in [5.74, 6) is 1.32. The Hall–Kier alpha value is -2.49. The summed E-state index contributed by atoms with van der Waals surface area (Å²) in [4.78, 5) is 11.9. The molecular weight excluding hydrogens is 300 g/mol. The van der Waals surface area contributed by atoms with Gasteiger partial charge in [-0.25, -0.2) is 4.79 Å². The Bertz CT molecular complexity index is 679. The van der Waals surface area contributed by atoms with Crippen molar-refractivity contribution in [3.8, 4) is 5.75 Å². The summed E-state index contributed by atoms with van der Waals surface area (Å²) in [6.07, 6.45) is 0. The molecule has 2 N–H and O–H groups in total. The molecule has 2 rings (SSSR count). The molecular formula is C20H26N2O2. The molecule has 0 aromatic heterocycles. The minimum Gasteiger partial charge on any atom is -0.492 e. The molecule has 0 spiro atoms. The fourth-order valence-corrected chi connectivity index (χ4v) is 2.34. The number of benzene rings is 2. The highest BCUT2D eigenvalue weighted by Gasteiger charge is 2.05. The molecule has 4 nitrogen and oxygen atoms in total. The van der Waals surface area contributed by atoms with Crippen molar-refractivity contribution in [2.75, 3.05) is 18.5 Å². The maximum atomic E-state index is 11.9. The van der Waals surface area contributed by atoms with Crippen LogP contribution in [0.2, 0.25) is 0 Å². The minimum atomic E-state index is -0.220. The zero-order valence-corrected chi connectivity index (χ0v) is 14.8. The lowest BCUT2D eigenvalue weighted by atomic mass is 10.0. The van der Waals surface area contributed by atoms with Crippen molar-refractivity contribution < 1.29 is 9.53 Å². The Morgan fingerprint density at radius 2 is 1.79 bits per heavy atom. The molecule has 0 fully saturated rings. The van der Waals surface area contributed by atoms with E-state index in [2.05, 4.69) is 36.6 Å². The smallest absolute Gasteiger partial charge is 0.319 e. The molecule has 0 atom stereocenters. The molecule has 24 heavy (non-hydrogen) atoms. The predicted octanol–water partition coefficient (Wildman–Crippen LogP) is 4.63. The standard InChI is InChI=1S/C20H26N2O2/c1-14(2)17-8-10-18(11-9-17)24-13-12-21-20(23)22-19-7-5-6-15(3)16(19)4/h5-11,14H,12-13H2,1-4H3,(H2,21,22,23). The maximum absolute atomic E-state index is 11.9. The predicted molar refractivity (Wildman–Crippen MR) is 99.0 cm³/mol. The van der Waals surface area contributed by atoms with Gasteiger partial charge in [0.15, 0.2) is 0 Å². The van der Waals surface area contributed by atoms with Gasteiger partial charge in [-0.2, -0.15) is 0 Å². The van der Waals surface area contributed by atoms with Crippen molar-refractivity contribution in [2.45, 2.75) is 33.6 Å². The summed E-state index contributed by atoms with van der Waals surface area (Å²) in [5.41, 5.74) is 4.35. The second-order valence-corrected chi connectivity index (χ2v) is 6.20. The van der Waals surface area contributed by atoms with E-state index in [0.29, 0.717) is 19.1 Å². The van der Waals surface area contributed by atoms with Gasteiger partial charge in [-0.15, -0.1) is 0 Å². The third-order valence-electron chi connectivity index (χ3n) is 4.06. The highest BCUT2D eigenvalue weighted by atomic mass is 16.5. The zero-order valence-electron chi connectivity index (χ0n) is 14.8. The Labute approximate surface area is 144 Å². The molecule has 0 radical (unpaired) electrons. The molecule has 2 aromatic rings. The Balaban J connectivity index is 1.73. The molecule has 0 heterocycles. The van der Waals surface area contributed by atoms with E-state index in [0.717, 1.165) is 22.6 Å². The van der Waals surface area contributed by atoms with Gasteiger partial charge in [0.05, 0.1) is 6.54 Å². The summed E-state index contributed by atoms with van der Waals surface area (Å²) in [6.45, 7) is 9.22. The van der Waals surface area contributed by atoms with Crippen molar-refractivity contribution in [1.29, 1.82) is 0 Å². The van der Waals surface area contributed by atoms with E-state index in [1.807, 2.05) is 44.2 Å². The van der Waals surface area contributed by atoms with Crippen LogP contribution in [-0.4, -0.2) is 19.2 Å². The molecule has 128 valence electrons. The van der Waals surface area contributed by atoms with E-state index in [9.17, 15) is 4.79 Å². The van der Waals surface area contributed by atoms with Crippen molar-refractivity contribution >= 4 is 11.7 Å². The summed E-state index contributed by atoms with van der Waals surface area (Å²) in [5, 5.41) is 5.67. The van der Waals surface area contributed by atoms with E-state index in [-0.39, 0.29) is 6.03 Å².